The summed E-state index contributed by atoms with van der Waals surface area (Å²) < 4.78 is 102. The first-order chi connectivity index (χ1) is 33.8. The van der Waals surface area contributed by atoms with E-state index in [0.717, 1.165) is 24.3 Å². The van der Waals surface area contributed by atoms with Crippen LogP contribution in [0.2, 0.25) is 0 Å². The highest BCUT2D eigenvalue weighted by Crippen LogP contribution is 2.28. The largest absolute Gasteiger partial charge is 0.481 e. The molecule has 0 bridgehead atoms. The second-order valence-corrected chi connectivity index (χ2v) is 18.7. The summed E-state index contributed by atoms with van der Waals surface area (Å²) in [5.41, 5.74) is 0.475. The first kappa shape index (κ1) is 52.4. The minimum atomic E-state index is -4.96. The van der Waals surface area contributed by atoms with Crippen LogP contribution in [0, 0.1) is 0 Å². The summed E-state index contributed by atoms with van der Waals surface area (Å²) >= 11 is 0. The van der Waals surface area contributed by atoms with Crippen molar-refractivity contribution in [2.24, 2.45) is 0 Å². The van der Waals surface area contributed by atoms with Gasteiger partial charge in [-0.3, -0.25) is 23.2 Å². The van der Waals surface area contributed by atoms with Crippen molar-refractivity contribution >= 4 is 125 Å². The molecule has 0 aliphatic rings. The number of hydrogen-bond acceptors (Lipinski definition) is 22. The van der Waals surface area contributed by atoms with E-state index < -0.39 is 112 Å². The van der Waals surface area contributed by atoms with E-state index in [1.165, 1.54) is 66.7 Å². The summed E-state index contributed by atoms with van der Waals surface area (Å²) in [6.07, 6.45) is 0.981. The van der Waals surface area contributed by atoms with Crippen LogP contribution < -0.4 is 31.9 Å². The maximum Gasteiger partial charge on any atom is 0.326 e. The molecule has 29 nitrogen and oxygen atoms in total. The molecule has 0 radical (unpaired) electrons. The Kier molecular flexibility index (Phi) is 15.9. The van der Waals surface area contributed by atoms with Crippen molar-refractivity contribution < 1.29 is 78.5 Å². The molecule has 2 heterocycles. The third-order valence-electron chi connectivity index (χ3n) is 9.20. The van der Waals surface area contributed by atoms with Crippen molar-refractivity contribution in [2.75, 3.05) is 31.9 Å². The van der Waals surface area contributed by atoms with Crippen molar-refractivity contribution in [3.05, 3.63) is 102 Å². The van der Waals surface area contributed by atoms with Crippen LogP contribution in [0.5, 0.6) is 0 Å². The lowest BCUT2D eigenvalue weighted by Crippen LogP contribution is -2.32. The van der Waals surface area contributed by atoms with E-state index in [-0.39, 0.29) is 40.5 Å². The fraction of sp³-hybridized carbons (Fsp3) is 0.100. The van der Waals surface area contributed by atoms with Gasteiger partial charge in [-0.2, -0.15) is 55.2 Å². The summed E-state index contributed by atoms with van der Waals surface area (Å²) in [6, 6.07) is 16.1. The zero-order chi connectivity index (χ0) is 52.5. The highest BCUT2D eigenvalue weighted by atomic mass is 32.2. The molecule has 72 heavy (non-hydrogen) atoms. The molecule has 32 heteroatoms. The van der Waals surface area contributed by atoms with Crippen LogP contribution in [-0.2, 0) is 49.5 Å². The van der Waals surface area contributed by atoms with Gasteiger partial charge < -0.3 is 52.3 Å². The molecule has 376 valence electrons. The second-order valence-electron chi connectivity index (χ2n) is 14.5. The van der Waals surface area contributed by atoms with Crippen LogP contribution in [0.15, 0.2) is 106 Å². The monoisotopic (exact) mass is 1050 g/mol. The Balaban J connectivity index is 1.26. The Morgan fingerprint density at radius 3 is 1.42 bits per heavy atom. The lowest BCUT2D eigenvalue weighted by molar-refractivity contribution is -0.144. The minimum absolute atomic E-state index is 0.00830. The van der Waals surface area contributed by atoms with Gasteiger partial charge in [0.2, 0.25) is 35.7 Å². The molecule has 0 saturated heterocycles. The van der Waals surface area contributed by atoms with E-state index in [0.29, 0.717) is 11.3 Å². The Morgan fingerprint density at radius 1 is 0.472 bits per heavy atom. The third-order valence-corrected chi connectivity index (χ3v) is 11.9. The molecule has 0 amide bonds. The number of nitrogens with one attached hydrogen (secondary N) is 6. The number of carboxylic acids is 4. The highest BCUT2D eigenvalue weighted by Gasteiger charge is 2.25. The van der Waals surface area contributed by atoms with E-state index in [1.54, 1.807) is 12.1 Å². The average Bonchev–Trinajstić information content (AvgIpc) is 3.27. The lowest BCUT2D eigenvalue weighted by atomic mass is 10.1. The number of nitrogens with zero attached hydrogens (tertiary/aromatic N) is 6. The van der Waals surface area contributed by atoms with Crippen molar-refractivity contribution in [2.45, 2.75) is 39.6 Å². The normalized spacial score (nSPS) is 12.5. The summed E-state index contributed by atoms with van der Waals surface area (Å²) in [6.45, 7) is 0. The first-order valence-corrected chi connectivity index (χ1v) is 24.2. The Bertz CT molecular complexity index is 3460. The maximum absolute atomic E-state index is 12.7. The highest BCUT2D eigenvalue weighted by molar-refractivity contribution is 7.86. The van der Waals surface area contributed by atoms with Crippen molar-refractivity contribution in [3.8, 4) is 0 Å². The number of benzene rings is 4. The second kappa shape index (κ2) is 21.8. The molecular formula is C40H36N12O17S3. The van der Waals surface area contributed by atoms with Crippen molar-refractivity contribution in [1.82, 2.24) is 29.9 Å². The van der Waals surface area contributed by atoms with Gasteiger partial charge in [0.15, 0.2) is 0 Å². The van der Waals surface area contributed by atoms with Crippen LogP contribution in [0.25, 0.3) is 12.2 Å². The van der Waals surface area contributed by atoms with Crippen LogP contribution in [-0.4, -0.2) is 125 Å². The molecular weight excluding hydrogens is 1020 g/mol. The Hall–Kier alpha value is -8.95. The van der Waals surface area contributed by atoms with Crippen LogP contribution in [0.4, 0.5) is 58.4 Å². The van der Waals surface area contributed by atoms with E-state index in [9.17, 15) is 78.5 Å². The Morgan fingerprint density at radius 2 is 0.931 bits per heavy atom. The Labute approximate surface area is 405 Å². The number of carboxylic acid groups (broad SMARTS) is 4. The van der Waals surface area contributed by atoms with Gasteiger partial charge in [0.1, 0.15) is 21.9 Å². The molecule has 2 atom stereocenters. The molecule has 2 aromatic heterocycles. The van der Waals surface area contributed by atoms with Crippen LogP contribution in [0.3, 0.4) is 0 Å². The zero-order valence-corrected chi connectivity index (χ0v) is 38.5. The molecule has 2 unspecified atom stereocenters. The number of aliphatic carboxylic acids is 4. The number of para-hydroxylation sites is 1. The smallest absolute Gasteiger partial charge is 0.326 e. The quantitative estimate of drug-likeness (QED) is 0.0322. The van der Waals surface area contributed by atoms with E-state index in [1.807, 2.05) is 0 Å². The minimum Gasteiger partial charge on any atom is -0.481 e. The van der Waals surface area contributed by atoms with Crippen LogP contribution >= 0.6 is 0 Å². The number of rotatable bonds is 23. The summed E-state index contributed by atoms with van der Waals surface area (Å²) in [7, 11) is -14.4. The van der Waals surface area contributed by atoms with Gasteiger partial charge in [0.05, 0.1) is 23.4 Å². The summed E-state index contributed by atoms with van der Waals surface area (Å²) in [5.74, 6) is -8.50. The predicted octanol–water partition coefficient (Wildman–Crippen LogP) is 3.62. The topological polar surface area (TPSA) is 462 Å². The van der Waals surface area contributed by atoms with E-state index >= 15 is 0 Å². The van der Waals surface area contributed by atoms with Crippen molar-refractivity contribution in [1.29, 1.82) is 0 Å². The fourth-order valence-electron chi connectivity index (χ4n) is 6.04. The van der Waals surface area contributed by atoms with Crippen molar-refractivity contribution in [3.63, 3.8) is 0 Å². The van der Waals surface area contributed by atoms with Crippen LogP contribution in [0.1, 0.15) is 24.0 Å². The molecule has 0 spiro atoms. The fourth-order valence-corrected chi connectivity index (χ4v) is 7.92. The number of anilines is 10. The lowest BCUT2D eigenvalue weighted by Gasteiger charge is -2.15. The number of hydrogen-bond donors (Lipinski definition) is 13. The van der Waals surface area contributed by atoms with Gasteiger partial charge in [-0.15, -0.1) is 0 Å². The number of aromatic nitrogens is 6. The molecule has 0 aliphatic carbocycles. The van der Waals surface area contributed by atoms with Gasteiger partial charge in [0.25, 0.3) is 30.4 Å². The first-order valence-electron chi connectivity index (χ1n) is 19.9. The standard InChI is InChI=1S/C40H36N12O17S3/c53-31(54)18-27(33(57)58)45-39-50-36(42-23-4-3-5-25(16-23)70(61,62)63)47-37(51-39)43-24-15-12-21(30(17-24)72(67,68)69)11-8-20-9-13-22(14-10-20)41-35-48-38(44-26-6-1-2-7-29(26)71(64,65)66)52-40(49-35)46-28(34(59)60)19-32(55)56/h1-17,27-28H,18-19H2,(H,53,54)(H,55,56)(H,57,58)(H,59,60)(H,61,62,63)(H,64,65,66)(H,67,68,69)(H3,41,44,46,48,49,52)(H3,42,43,45,47,50,51)/b11-8+. The zero-order valence-electron chi connectivity index (χ0n) is 36.0. The summed E-state index contributed by atoms with van der Waals surface area (Å²) in [5, 5.41) is 53.1. The molecule has 6 rings (SSSR count). The number of carbonyl (C=O) groups is 4. The molecule has 0 fully saturated rings. The molecule has 13 N–H and O–H groups in total. The SMILES string of the molecule is O=C(O)CC(Nc1nc(Nc2cccc(S(=O)(=O)O)c2)nc(Nc2ccc(/C=C/c3ccc(Nc4nc(Nc5ccccc5S(=O)(=O)O)nc(NC(CC(=O)O)C(=O)O)n4)cc3)c(S(=O)(=O)O)c2)n1)C(=O)O. The van der Waals surface area contributed by atoms with Gasteiger partial charge in [-0.1, -0.05) is 48.6 Å². The third kappa shape index (κ3) is 14.8. The van der Waals surface area contributed by atoms with Gasteiger partial charge in [0, 0.05) is 17.1 Å². The molecule has 0 saturated carbocycles. The van der Waals surface area contributed by atoms with Gasteiger partial charge in [-0.05, 0) is 65.7 Å². The maximum atomic E-state index is 12.7. The molecule has 4 aromatic carbocycles. The summed E-state index contributed by atoms with van der Waals surface area (Å²) in [4.78, 5) is 69.1. The predicted molar refractivity (Wildman–Crippen MR) is 252 cm³/mol. The molecule has 0 aliphatic heterocycles. The molecule has 6 aromatic rings. The van der Waals surface area contributed by atoms with Gasteiger partial charge >= 0.3 is 23.9 Å². The van der Waals surface area contributed by atoms with Gasteiger partial charge in [-0.25, -0.2) is 9.59 Å². The average molecular weight is 1050 g/mol. The van der Waals surface area contributed by atoms with E-state index in [2.05, 4.69) is 61.8 Å². The van der Waals surface area contributed by atoms with E-state index in [4.69, 9.17) is 0 Å².